The van der Waals surface area contributed by atoms with Crippen LogP contribution in [0.4, 0.5) is 4.39 Å². The molecule has 0 saturated carbocycles. The van der Waals surface area contributed by atoms with Gasteiger partial charge in [-0.3, -0.25) is 4.39 Å². The summed E-state index contributed by atoms with van der Waals surface area (Å²) in [5.41, 5.74) is 1.90. The third-order valence-electron chi connectivity index (χ3n) is 8.11. The Kier molecular flexibility index (Phi) is 12.0. The van der Waals surface area contributed by atoms with E-state index in [1.54, 1.807) is 6.26 Å². The molecule has 1 N–H and O–H groups in total. The van der Waals surface area contributed by atoms with E-state index in [1.165, 1.54) is 0 Å². The summed E-state index contributed by atoms with van der Waals surface area (Å²) in [6, 6.07) is 3.81. The number of aliphatic hydroxyl groups excluding tert-OH is 1. The largest absolute Gasteiger partial charge is 0.469 e. The zero-order valence-electron chi connectivity index (χ0n) is 21.8. The summed E-state index contributed by atoms with van der Waals surface area (Å²) in [6.45, 7) is 1.76. The number of aryl methyl sites for hydroxylation is 1. The maximum Gasteiger partial charge on any atom is 0.180 e. The molecule has 0 spiro atoms. The first-order valence-corrected chi connectivity index (χ1v) is 16.2. The van der Waals surface area contributed by atoms with Gasteiger partial charge in [0, 0.05) is 24.8 Å². The smallest absolute Gasteiger partial charge is 0.180 e. The average molecular weight is 580 g/mol. The molecule has 1 aromatic heterocycles. The molecule has 3 rings (SSSR count). The van der Waals surface area contributed by atoms with Gasteiger partial charge in [0.25, 0.3) is 0 Å². The van der Waals surface area contributed by atoms with Crippen LogP contribution < -0.4 is 0 Å². The van der Waals surface area contributed by atoms with Crippen molar-refractivity contribution in [3.63, 3.8) is 0 Å². The second-order valence-electron chi connectivity index (χ2n) is 10.0. The molecule has 1 aliphatic carbocycles. The molecule has 0 radical (unpaired) electrons. The number of furan rings is 1. The molecule has 1 saturated heterocycles. The monoisotopic (exact) mass is 578 g/mol. The van der Waals surface area contributed by atoms with Crippen molar-refractivity contribution in [2.24, 2.45) is 11.3 Å². The van der Waals surface area contributed by atoms with Crippen molar-refractivity contribution < 1.29 is 27.1 Å². The van der Waals surface area contributed by atoms with Gasteiger partial charge in [-0.2, -0.15) is 0 Å². The van der Waals surface area contributed by atoms with E-state index in [0.717, 1.165) is 36.2 Å². The number of sulfone groups is 1. The summed E-state index contributed by atoms with van der Waals surface area (Å²) in [5.74, 6) is 0.955. The van der Waals surface area contributed by atoms with Crippen LogP contribution in [0.15, 0.2) is 44.4 Å². The van der Waals surface area contributed by atoms with Gasteiger partial charge in [0.15, 0.2) is 9.84 Å². The lowest BCUT2D eigenvalue weighted by Gasteiger charge is -2.50. The Hall–Kier alpha value is -0.860. The molecule has 0 amide bonds. The number of ether oxygens (including phenoxy) is 1. The van der Waals surface area contributed by atoms with Gasteiger partial charge in [0.2, 0.25) is 0 Å². The topological polar surface area (TPSA) is 76.7 Å². The van der Waals surface area contributed by atoms with Crippen LogP contribution in [0, 0.1) is 11.3 Å². The van der Waals surface area contributed by atoms with Crippen molar-refractivity contribution in [1.82, 2.24) is 0 Å². The third-order valence-corrected chi connectivity index (χ3v) is 10.4. The summed E-state index contributed by atoms with van der Waals surface area (Å²) in [4.78, 5) is 0.279. The van der Waals surface area contributed by atoms with Crippen molar-refractivity contribution >= 4 is 33.0 Å². The van der Waals surface area contributed by atoms with Crippen molar-refractivity contribution in [3.8, 4) is 0 Å². The Morgan fingerprint density at radius 2 is 2.00 bits per heavy atom. The van der Waals surface area contributed by atoms with E-state index in [2.05, 4.69) is 6.92 Å². The normalized spacial score (nSPS) is 24.9. The van der Waals surface area contributed by atoms with Gasteiger partial charge in [-0.05, 0) is 92.4 Å². The van der Waals surface area contributed by atoms with Gasteiger partial charge in [-0.25, -0.2) is 8.42 Å². The Morgan fingerprint density at radius 3 is 2.57 bits per heavy atom. The first-order chi connectivity index (χ1) is 17.9. The number of allylic oxidation sites excluding steroid dienone is 3. The van der Waals surface area contributed by atoms with E-state index in [0.29, 0.717) is 56.6 Å². The van der Waals surface area contributed by atoms with Crippen LogP contribution in [0.3, 0.4) is 0 Å². The molecule has 1 fully saturated rings. The van der Waals surface area contributed by atoms with Crippen molar-refractivity contribution in [2.45, 2.75) is 77.2 Å². The lowest BCUT2D eigenvalue weighted by Crippen LogP contribution is -2.42. The van der Waals surface area contributed by atoms with E-state index < -0.39 is 28.5 Å². The van der Waals surface area contributed by atoms with Crippen LogP contribution in [-0.2, 0) is 21.0 Å². The quantitative estimate of drug-likeness (QED) is 0.219. The molecule has 2 heterocycles. The summed E-state index contributed by atoms with van der Waals surface area (Å²) >= 11 is 12.4. The zero-order valence-corrected chi connectivity index (χ0v) is 24.2. The number of alkyl halides is 3. The fourth-order valence-corrected chi connectivity index (χ4v) is 8.58. The zero-order chi connectivity index (χ0) is 26.9. The van der Waals surface area contributed by atoms with Gasteiger partial charge >= 0.3 is 0 Å². The first kappa shape index (κ1) is 30.7. The fourth-order valence-electron chi connectivity index (χ4n) is 6.57. The maximum absolute atomic E-state index is 14.3. The minimum atomic E-state index is -3.83. The fraction of sp³-hybridized carbons (Fsp3) is 0.714. The van der Waals surface area contributed by atoms with Gasteiger partial charge < -0.3 is 14.3 Å². The molecule has 9 heteroatoms. The van der Waals surface area contributed by atoms with Crippen LogP contribution in [-0.4, -0.2) is 57.0 Å². The van der Waals surface area contributed by atoms with Gasteiger partial charge in [-0.15, -0.1) is 23.2 Å². The highest BCUT2D eigenvalue weighted by atomic mass is 35.5. The number of rotatable bonds is 16. The van der Waals surface area contributed by atoms with E-state index >= 15 is 0 Å². The Labute approximate surface area is 231 Å². The molecule has 210 valence electrons. The molecule has 37 heavy (non-hydrogen) atoms. The van der Waals surface area contributed by atoms with Crippen LogP contribution in [0.25, 0.3) is 0 Å². The van der Waals surface area contributed by atoms with Crippen molar-refractivity contribution in [1.29, 1.82) is 0 Å². The summed E-state index contributed by atoms with van der Waals surface area (Å²) < 4.78 is 53.5. The molecule has 3 unspecified atom stereocenters. The minimum Gasteiger partial charge on any atom is -0.469 e. The van der Waals surface area contributed by atoms with Gasteiger partial charge in [0.05, 0.1) is 36.3 Å². The van der Waals surface area contributed by atoms with E-state index in [-0.39, 0.29) is 35.0 Å². The van der Waals surface area contributed by atoms with E-state index in [4.69, 9.17) is 32.4 Å². The number of aliphatic hydroxyl groups is 1. The third kappa shape index (κ3) is 7.02. The SMILES string of the molecule is CCC1(CCc2ccco2)C(CCF)=C(CCCl)C(S(=O)(=O)CCO)=C(CCCCl)C1CC1CCCO1. The van der Waals surface area contributed by atoms with Gasteiger partial charge in [0.1, 0.15) is 5.76 Å². The molecule has 0 aromatic carbocycles. The average Bonchev–Trinajstić information content (AvgIpc) is 3.59. The van der Waals surface area contributed by atoms with E-state index in [9.17, 15) is 17.9 Å². The van der Waals surface area contributed by atoms with Crippen molar-refractivity contribution in [2.75, 3.05) is 37.4 Å². The molecule has 1 aliphatic heterocycles. The Bertz CT molecular complexity index is 1020. The molecule has 1 aromatic rings. The number of hydrogen-bond donors (Lipinski definition) is 1. The highest BCUT2D eigenvalue weighted by molar-refractivity contribution is 7.95. The molecule has 2 aliphatic rings. The van der Waals surface area contributed by atoms with Gasteiger partial charge in [-0.1, -0.05) is 12.5 Å². The number of hydrogen-bond acceptors (Lipinski definition) is 5. The lowest BCUT2D eigenvalue weighted by atomic mass is 9.56. The summed E-state index contributed by atoms with van der Waals surface area (Å²) in [5, 5.41) is 9.66. The standard InChI is InChI=1S/C28H41Cl2FO5S/c1-2-28(12-9-21-6-4-17-35-21)25(11-15-31)24(10-14-30)27(37(33,34)19-16-32)23(8-3-13-29)26(28)20-22-7-5-18-36-22/h4,6,17,22,26,32H,2-3,5,7-16,18-20H2,1H3. The Morgan fingerprint density at radius 1 is 1.19 bits per heavy atom. The molecule has 3 atom stereocenters. The molecular weight excluding hydrogens is 538 g/mol. The highest BCUT2D eigenvalue weighted by Crippen LogP contribution is 2.58. The highest BCUT2D eigenvalue weighted by Gasteiger charge is 2.49. The van der Waals surface area contributed by atoms with Crippen LogP contribution in [0.5, 0.6) is 0 Å². The second-order valence-corrected chi connectivity index (χ2v) is 12.8. The molecule has 0 bridgehead atoms. The lowest BCUT2D eigenvalue weighted by molar-refractivity contribution is 0.0644. The van der Waals surface area contributed by atoms with E-state index in [1.807, 2.05) is 12.1 Å². The maximum atomic E-state index is 14.3. The summed E-state index contributed by atoms with van der Waals surface area (Å²) in [7, 11) is -3.83. The van der Waals surface area contributed by atoms with Crippen LogP contribution >= 0.6 is 23.2 Å². The molecule has 5 nitrogen and oxygen atoms in total. The molecular formula is C28H41Cl2FO5S. The summed E-state index contributed by atoms with van der Waals surface area (Å²) in [6.07, 6.45) is 7.97. The minimum absolute atomic E-state index is 0.0218. The predicted octanol–water partition coefficient (Wildman–Crippen LogP) is 6.77. The van der Waals surface area contributed by atoms with Crippen LogP contribution in [0.2, 0.25) is 0 Å². The predicted molar refractivity (Wildman–Crippen MR) is 148 cm³/mol. The van der Waals surface area contributed by atoms with Crippen molar-refractivity contribution in [3.05, 3.63) is 45.8 Å². The van der Waals surface area contributed by atoms with Crippen LogP contribution in [0.1, 0.15) is 70.5 Å². The first-order valence-electron chi connectivity index (χ1n) is 13.5. The Balaban J connectivity index is 2.30. The second kappa shape index (κ2) is 14.5. The number of halogens is 3.